The Morgan fingerprint density at radius 1 is 1.48 bits per heavy atom. The second kappa shape index (κ2) is 5.69. The standard InChI is InChI=1S/C13H14Cl2FN3O2/c1-6-4-13(5-6,11(17)19-21)12(20)18-7-2-8(14)10(16)9(15)3-7/h2-3,6,21H,4-5H2,1H3,(H2,17,19)(H,18,20). The van der Waals surface area contributed by atoms with E-state index in [4.69, 9.17) is 34.1 Å². The number of halogens is 3. The van der Waals surface area contributed by atoms with E-state index in [9.17, 15) is 9.18 Å². The van der Waals surface area contributed by atoms with Crippen LogP contribution >= 0.6 is 23.2 Å². The van der Waals surface area contributed by atoms with Gasteiger partial charge in [0.15, 0.2) is 11.7 Å². The molecule has 0 atom stereocenters. The van der Waals surface area contributed by atoms with Crippen molar-refractivity contribution in [2.24, 2.45) is 22.2 Å². The van der Waals surface area contributed by atoms with Gasteiger partial charge in [0.2, 0.25) is 5.91 Å². The number of nitrogens with one attached hydrogen (secondary N) is 1. The lowest BCUT2D eigenvalue weighted by Crippen LogP contribution is -2.54. The number of hydrogen-bond acceptors (Lipinski definition) is 3. The summed E-state index contributed by atoms with van der Waals surface area (Å²) in [6.45, 7) is 1.96. The number of oxime groups is 1. The monoisotopic (exact) mass is 333 g/mol. The van der Waals surface area contributed by atoms with E-state index in [1.165, 1.54) is 12.1 Å². The van der Waals surface area contributed by atoms with Crippen LogP contribution in [0.3, 0.4) is 0 Å². The fourth-order valence-electron chi connectivity index (χ4n) is 2.61. The highest BCUT2D eigenvalue weighted by atomic mass is 35.5. The molecule has 0 saturated heterocycles. The van der Waals surface area contributed by atoms with Gasteiger partial charge in [0, 0.05) is 5.69 Å². The zero-order chi connectivity index (χ0) is 15.8. The molecule has 1 aliphatic rings. The maximum absolute atomic E-state index is 13.3. The molecule has 1 aromatic rings. The van der Waals surface area contributed by atoms with Gasteiger partial charge in [0.05, 0.1) is 10.0 Å². The second-order valence-corrected chi connectivity index (χ2v) is 6.10. The molecule has 1 aromatic carbocycles. The Bertz CT molecular complexity index is 592. The second-order valence-electron chi connectivity index (χ2n) is 5.29. The molecule has 1 fully saturated rings. The van der Waals surface area contributed by atoms with Gasteiger partial charge in [-0.1, -0.05) is 35.3 Å². The maximum atomic E-state index is 13.3. The number of amidine groups is 1. The van der Waals surface area contributed by atoms with Gasteiger partial charge in [0.1, 0.15) is 5.41 Å². The average Bonchev–Trinajstić information content (AvgIpc) is 2.39. The van der Waals surface area contributed by atoms with Gasteiger partial charge in [-0.05, 0) is 30.9 Å². The molecule has 5 nitrogen and oxygen atoms in total. The minimum Gasteiger partial charge on any atom is -0.409 e. The first kappa shape index (κ1) is 15.9. The van der Waals surface area contributed by atoms with Crippen LogP contribution in [0.5, 0.6) is 0 Å². The van der Waals surface area contributed by atoms with Crippen LogP contribution < -0.4 is 11.1 Å². The summed E-state index contributed by atoms with van der Waals surface area (Å²) >= 11 is 11.4. The van der Waals surface area contributed by atoms with Crippen LogP contribution in [0.25, 0.3) is 0 Å². The summed E-state index contributed by atoms with van der Waals surface area (Å²) in [6.07, 6.45) is 0.939. The third-order valence-corrected chi connectivity index (χ3v) is 4.22. The summed E-state index contributed by atoms with van der Waals surface area (Å²) in [6, 6.07) is 2.51. The van der Waals surface area contributed by atoms with E-state index in [0.29, 0.717) is 12.8 Å². The Hall–Kier alpha value is -1.53. The van der Waals surface area contributed by atoms with Crippen molar-refractivity contribution < 1.29 is 14.4 Å². The molecule has 1 saturated carbocycles. The van der Waals surface area contributed by atoms with Gasteiger partial charge < -0.3 is 16.3 Å². The number of amides is 1. The normalized spacial score (nSPS) is 25.3. The number of rotatable bonds is 3. The predicted molar refractivity (Wildman–Crippen MR) is 79.3 cm³/mol. The first-order valence-corrected chi connectivity index (χ1v) is 6.99. The van der Waals surface area contributed by atoms with Crippen molar-refractivity contribution in [2.45, 2.75) is 19.8 Å². The highest BCUT2D eigenvalue weighted by Gasteiger charge is 2.52. The Labute approximate surface area is 130 Å². The van der Waals surface area contributed by atoms with Crippen molar-refractivity contribution in [2.75, 3.05) is 5.32 Å². The summed E-state index contributed by atoms with van der Waals surface area (Å²) in [5, 5.41) is 14.0. The fourth-order valence-corrected chi connectivity index (χ4v) is 3.10. The van der Waals surface area contributed by atoms with Gasteiger partial charge in [-0.3, -0.25) is 4.79 Å². The third kappa shape index (κ3) is 2.78. The molecule has 0 aromatic heterocycles. The molecule has 1 aliphatic carbocycles. The molecule has 114 valence electrons. The largest absolute Gasteiger partial charge is 0.409 e. The van der Waals surface area contributed by atoms with Crippen molar-refractivity contribution in [3.05, 3.63) is 28.0 Å². The minimum atomic E-state index is -1.05. The quantitative estimate of drug-likeness (QED) is 0.261. The Balaban J connectivity index is 2.25. The summed E-state index contributed by atoms with van der Waals surface area (Å²) in [5.41, 5.74) is 4.84. The number of carbonyl (C=O) groups excluding carboxylic acids is 1. The highest BCUT2D eigenvalue weighted by molar-refractivity contribution is 6.35. The van der Waals surface area contributed by atoms with E-state index in [2.05, 4.69) is 10.5 Å². The summed E-state index contributed by atoms with van der Waals surface area (Å²) in [5.74, 6) is -1.04. The topological polar surface area (TPSA) is 87.7 Å². The van der Waals surface area contributed by atoms with E-state index in [1.807, 2.05) is 6.92 Å². The lowest BCUT2D eigenvalue weighted by Gasteiger charge is -2.43. The molecule has 21 heavy (non-hydrogen) atoms. The van der Waals surface area contributed by atoms with Gasteiger partial charge in [-0.15, -0.1) is 0 Å². The maximum Gasteiger partial charge on any atom is 0.238 e. The van der Waals surface area contributed by atoms with Gasteiger partial charge in [0.25, 0.3) is 0 Å². The lowest BCUT2D eigenvalue weighted by molar-refractivity contribution is -0.127. The van der Waals surface area contributed by atoms with E-state index in [-0.39, 0.29) is 27.5 Å². The van der Waals surface area contributed by atoms with Gasteiger partial charge in [-0.25, -0.2) is 4.39 Å². The van der Waals surface area contributed by atoms with Gasteiger partial charge in [-0.2, -0.15) is 0 Å². The molecule has 0 bridgehead atoms. The van der Waals surface area contributed by atoms with Crippen LogP contribution in [0.4, 0.5) is 10.1 Å². The molecule has 0 aliphatic heterocycles. The molecule has 8 heteroatoms. The van der Waals surface area contributed by atoms with Crippen molar-refractivity contribution in [3.63, 3.8) is 0 Å². The predicted octanol–water partition coefficient (Wildman–Crippen LogP) is 3.23. The number of nitrogens with two attached hydrogens (primary N) is 1. The van der Waals surface area contributed by atoms with Crippen molar-refractivity contribution in [3.8, 4) is 0 Å². The molecule has 0 unspecified atom stereocenters. The molecule has 0 spiro atoms. The number of carbonyl (C=O) groups is 1. The number of benzene rings is 1. The molecule has 1 amide bonds. The molecule has 2 rings (SSSR count). The number of nitrogens with zero attached hydrogens (tertiary/aromatic N) is 1. The summed E-state index contributed by atoms with van der Waals surface area (Å²) < 4.78 is 13.3. The Kier molecular flexibility index (Phi) is 4.30. The lowest BCUT2D eigenvalue weighted by atomic mass is 9.61. The van der Waals surface area contributed by atoms with Crippen LogP contribution in [0.15, 0.2) is 17.3 Å². The average molecular weight is 334 g/mol. The third-order valence-electron chi connectivity index (χ3n) is 3.67. The zero-order valence-corrected chi connectivity index (χ0v) is 12.7. The first-order valence-electron chi connectivity index (χ1n) is 6.24. The van der Waals surface area contributed by atoms with Crippen LogP contribution in [-0.2, 0) is 4.79 Å². The van der Waals surface area contributed by atoms with Crippen molar-refractivity contribution >= 4 is 40.6 Å². The number of hydrogen-bond donors (Lipinski definition) is 3. The van der Waals surface area contributed by atoms with E-state index in [0.717, 1.165) is 0 Å². The van der Waals surface area contributed by atoms with E-state index < -0.39 is 17.1 Å². The molecular weight excluding hydrogens is 320 g/mol. The summed E-state index contributed by atoms with van der Waals surface area (Å²) in [7, 11) is 0. The minimum absolute atomic E-state index is 0.141. The number of anilines is 1. The molecular formula is C13H14Cl2FN3O2. The van der Waals surface area contributed by atoms with Gasteiger partial charge >= 0.3 is 0 Å². The Morgan fingerprint density at radius 3 is 2.43 bits per heavy atom. The zero-order valence-electron chi connectivity index (χ0n) is 11.2. The fraction of sp³-hybridized carbons (Fsp3) is 0.385. The summed E-state index contributed by atoms with van der Waals surface area (Å²) in [4.78, 5) is 12.4. The Morgan fingerprint density at radius 2 is 2.00 bits per heavy atom. The molecule has 0 radical (unpaired) electrons. The van der Waals surface area contributed by atoms with E-state index >= 15 is 0 Å². The van der Waals surface area contributed by atoms with Crippen LogP contribution in [0, 0.1) is 17.2 Å². The smallest absolute Gasteiger partial charge is 0.238 e. The van der Waals surface area contributed by atoms with Crippen molar-refractivity contribution in [1.82, 2.24) is 0 Å². The highest BCUT2D eigenvalue weighted by Crippen LogP contribution is 2.46. The van der Waals surface area contributed by atoms with E-state index in [1.54, 1.807) is 0 Å². The first-order chi connectivity index (χ1) is 9.80. The van der Waals surface area contributed by atoms with Crippen molar-refractivity contribution in [1.29, 1.82) is 0 Å². The molecule has 4 N–H and O–H groups in total. The SMILES string of the molecule is CC1CC(C(=O)Nc2cc(Cl)c(F)c(Cl)c2)(/C(N)=N/O)C1. The molecule has 0 heterocycles. The van der Waals surface area contributed by atoms with Crippen LogP contribution in [0.1, 0.15) is 19.8 Å². The van der Waals surface area contributed by atoms with Crippen LogP contribution in [0.2, 0.25) is 10.0 Å². The van der Waals surface area contributed by atoms with Crippen LogP contribution in [-0.4, -0.2) is 17.0 Å².